The van der Waals surface area contributed by atoms with E-state index in [9.17, 15) is 4.79 Å². The second kappa shape index (κ2) is 2.69. The van der Waals surface area contributed by atoms with Crippen LogP contribution in [0.1, 0.15) is 19.8 Å². The number of aliphatic carboxylic acids is 1. The molecule has 0 heterocycles. The highest BCUT2D eigenvalue weighted by molar-refractivity contribution is 5.66. The molecule has 0 spiro atoms. The fraction of sp³-hybridized carbons (Fsp3) is 0.750. The average molecular weight is 91.1 g/mol. The van der Waals surface area contributed by atoms with Gasteiger partial charge in [-0.25, -0.2) is 0 Å². The van der Waals surface area contributed by atoms with Crippen LogP contribution < -0.4 is 0 Å². The Hall–Kier alpha value is -0.530. The van der Waals surface area contributed by atoms with E-state index in [0.29, 0.717) is 6.42 Å². The molecule has 0 saturated heterocycles. The molecule has 0 aromatic heterocycles. The Labute approximate surface area is 36.8 Å². The maximum absolute atomic E-state index is 9.60. The van der Waals surface area contributed by atoms with Gasteiger partial charge in [0.1, 0.15) is 0 Å². The second-order valence-corrected chi connectivity index (χ2v) is 1.14. The van der Waals surface area contributed by atoms with E-state index in [2.05, 4.69) is 0 Å². The summed E-state index contributed by atoms with van der Waals surface area (Å²) < 4.78 is 0. The molecule has 36 valence electrons. The number of carbonyl (C=O) groups is 1. The summed E-state index contributed by atoms with van der Waals surface area (Å²) in [6.07, 6.45) is 1.02. The van der Waals surface area contributed by atoms with Gasteiger partial charge in [-0.3, -0.25) is 4.79 Å². The van der Waals surface area contributed by atoms with Crippen molar-refractivity contribution in [1.29, 1.82) is 0 Å². The molecule has 0 saturated carbocycles. The summed E-state index contributed by atoms with van der Waals surface area (Å²) in [6, 6.07) is 0. The number of hydrogen-bond acceptors (Lipinski definition) is 1. The monoisotopic (exact) mass is 91.1 g/mol. The molecule has 0 rings (SSSR count). The van der Waals surface area contributed by atoms with Gasteiger partial charge >= 0.3 is 5.97 Å². The molecule has 0 aromatic carbocycles. The minimum absolute atomic E-state index is 0.292. The largest absolute Gasteiger partial charge is 0.481 e. The van der Waals surface area contributed by atoms with Crippen LogP contribution in [-0.4, -0.2) is 11.1 Å². The van der Waals surface area contributed by atoms with Gasteiger partial charge in [0.2, 0.25) is 0 Å². The fourth-order valence-corrected chi connectivity index (χ4v) is 0.214. The van der Waals surface area contributed by atoms with E-state index in [1.807, 2.05) is 6.92 Å². The Bertz CT molecular complexity index is 49.5. The number of carboxylic acids is 1. The topological polar surface area (TPSA) is 37.3 Å². The first kappa shape index (κ1) is 5.47. The Balaban J connectivity index is 2.83. The van der Waals surface area contributed by atoms with Crippen LogP contribution in [0, 0.1) is 0 Å². The molecule has 0 unspecified atom stereocenters. The number of hydrogen-bond donors (Lipinski definition) is 1. The molecule has 0 radical (unpaired) electrons. The van der Waals surface area contributed by atoms with Gasteiger partial charge in [-0.2, -0.15) is 0 Å². The van der Waals surface area contributed by atoms with E-state index >= 15 is 0 Å². The highest BCUT2D eigenvalue weighted by Crippen LogP contribution is 1.82. The molecule has 0 aliphatic heterocycles. The maximum atomic E-state index is 9.60. The van der Waals surface area contributed by atoms with E-state index in [0.717, 1.165) is 6.42 Å². The van der Waals surface area contributed by atoms with Gasteiger partial charge in [-0.15, -0.1) is 0 Å². The fourth-order valence-electron chi connectivity index (χ4n) is 0.214. The van der Waals surface area contributed by atoms with Crippen molar-refractivity contribution in [2.75, 3.05) is 0 Å². The Morgan fingerprint density at radius 3 is 2.33 bits per heavy atom. The highest BCUT2D eigenvalue weighted by Gasteiger charge is 1.87. The average Bonchev–Trinajstić information content (AvgIpc) is 1.35. The predicted molar refractivity (Wildman–Crippen MR) is 22.5 cm³/mol. The summed E-state index contributed by atoms with van der Waals surface area (Å²) in [4.78, 5) is 9.60. The van der Waals surface area contributed by atoms with Gasteiger partial charge in [-0.1, -0.05) is 6.92 Å². The normalized spacial score (nSPS) is 8.17. The third-order valence-electron chi connectivity index (χ3n) is 0.464. The van der Waals surface area contributed by atoms with Crippen molar-refractivity contribution >= 4 is 5.97 Å². The lowest BCUT2D eigenvalue weighted by atomic mass is 11.0. The van der Waals surface area contributed by atoms with Crippen molar-refractivity contribution in [3.63, 3.8) is 0 Å². The zero-order valence-corrected chi connectivity index (χ0v) is 3.77. The van der Waals surface area contributed by atoms with E-state index in [-0.39, 0.29) is 0 Å². The van der Waals surface area contributed by atoms with E-state index in [4.69, 9.17) is 5.11 Å². The highest BCUT2D eigenvalue weighted by atomic mass is 16.4. The van der Waals surface area contributed by atoms with Crippen molar-refractivity contribution in [2.45, 2.75) is 19.8 Å². The van der Waals surface area contributed by atoms with Crippen LogP contribution in [0.5, 0.6) is 0 Å². The summed E-state index contributed by atoms with van der Waals surface area (Å²) >= 11 is 0. The van der Waals surface area contributed by atoms with Crippen molar-refractivity contribution in [1.82, 2.24) is 0 Å². The van der Waals surface area contributed by atoms with Crippen molar-refractivity contribution in [3.8, 4) is 0 Å². The number of rotatable bonds is 2. The first-order valence-electron chi connectivity index (χ1n) is 1.99. The van der Waals surface area contributed by atoms with Crippen LogP contribution in [0.2, 0.25) is 0 Å². The third kappa shape index (κ3) is 3.47. The van der Waals surface area contributed by atoms with Crippen LogP contribution in [0.25, 0.3) is 0 Å². The molecule has 0 aliphatic carbocycles. The first-order valence-corrected chi connectivity index (χ1v) is 1.99. The van der Waals surface area contributed by atoms with Crippen LogP contribution in [0.15, 0.2) is 0 Å². The van der Waals surface area contributed by atoms with Crippen molar-refractivity contribution in [2.24, 2.45) is 0 Å². The van der Waals surface area contributed by atoms with Crippen LogP contribution in [0.3, 0.4) is 0 Å². The summed E-state index contributed by atoms with van der Waals surface area (Å²) in [5, 5.41) is 7.91. The molecule has 0 aliphatic rings. The van der Waals surface area contributed by atoms with Gasteiger partial charge in [-0.05, 0) is 6.42 Å². The molecule has 0 atom stereocenters. The summed E-state index contributed by atoms with van der Waals surface area (Å²) in [5.74, 6) is -0.711. The van der Waals surface area contributed by atoms with Gasteiger partial charge in [0, 0.05) is 6.42 Å². The minimum atomic E-state index is -0.711. The third-order valence-corrected chi connectivity index (χ3v) is 0.464. The lowest BCUT2D eigenvalue weighted by Crippen LogP contribution is -1.90. The minimum Gasteiger partial charge on any atom is -0.481 e. The molecule has 0 fully saturated rings. The summed E-state index contributed by atoms with van der Waals surface area (Å²) in [5.41, 5.74) is 0. The molecule has 0 aromatic rings. The van der Waals surface area contributed by atoms with Gasteiger partial charge in [0.25, 0.3) is 0 Å². The van der Waals surface area contributed by atoms with E-state index in [1.165, 1.54) is 0 Å². The predicted octanol–water partition coefficient (Wildman–Crippen LogP) is 0.871. The molecule has 1 N–H and O–H groups in total. The zero-order chi connectivity index (χ0) is 4.99. The molecule has 0 amide bonds. The van der Waals surface area contributed by atoms with Crippen molar-refractivity contribution < 1.29 is 9.90 Å². The quantitative estimate of drug-likeness (QED) is 0.512. The molecule has 6 heavy (non-hydrogen) atoms. The summed E-state index contributed by atoms with van der Waals surface area (Å²) in [6.45, 7) is 1.84. The molecular weight excluding hydrogens is 83.0 g/mol. The Morgan fingerprint density at radius 2 is 2.33 bits per heavy atom. The van der Waals surface area contributed by atoms with Gasteiger partial charge in [0.05, 0.1) is 0 Å². The second-order valence-electron chi connectivity index (χ2n) is 1.14. The standard InChI is InChI=1S/C4H8O2/c1-2-3-4(5)6/h2-3H2,1H3,(H,5,6)/i1+1,2+1,3+1. The number of carboxylic acid groups (broad SMARTS) is 1. The first-order chi connectivity index (χ1) is 2.77. The molecular formula is C4H8O2. The van der Waals surface area contributed by atoms with Crippen LogP contribution in [0.4, 0.5) is 0 Å². The zero-order valence-electron chi connectivity index (χ0n) is 3.77. The van der Waals surface area contributed by atoms with Gasteiger partial charge < -0.3 is 5.11 Å². The molecule has 2 heteroatoms. The molecule has 2 nitrogen and oxygen atoms in total. The van der Waals surface area contributed by atoms with E-state index < -0.39 is 5.97 Å². The van der Waals surface area contributed by atoms with Gasteiger partial charge in [0.15, 0.2) is 0 Å². The van der Waals surface area contributed by atoms with Crippen molar-refractivity contribution in [3.05, 3.63) is 0 Å². The van der Waals surface area contributed by atoms with Crippen LogP contribution >= 0.6 is 0 Å². The Morgan fingerprint density at radius 1 is 1.83 bits per heavy atom. The lowest BCUT2D eigenvalue weighted by Gasteiger charge is -1.79. The SMILES string of the molecule is [13CH3][13CH2][13CH2]C(=O)O. The van der Waals surface area contributed by atoms with E-state index in [1.54, 1.807) is 0 Å². The lowest BCUT2D eigenvalue weighted by molar-refractivity contribution is -0.137. The summed E-state index contributed by atoms with van der Waals surface area (Å²) in [7, 11) is 0. The van der Waals surface area contributed by atoms with Crippen LogP contribution in [-0.2, 0) is 4.79 Å². The molecule has 0 bridgehead atoms. The Kier molecular flexibility index (Phi) is 2.46. The maximum Gasteiger partial charge on any atom is 0.303 e. The smallest absolute Gasteiger partial charge is 0.303 e.